The normalized spacial score (nSPS) is 15.3. The number of carbonyl (C=O) groups is 1. The summed E-state index contributed by atoms with van der Waals surface area (Å²) in [5, 5.41) is 12.2. The zero-order valence-corrected chi connectivity index (χ0v) is 23.0. The van der Waals surface area contributed by atoms with Crippen molar-refractivity contribution in [1.29, 1.82) is 0 Å². The largest absolute Gasteiger partial charge is 0.490 e. The van der Waals surface area contributed by atoms with Gasteiger partial charge in [0, 0.05) is 32.7 Å². The van der Waals surface area contributed by atoms with Crippen LogP contribution in [0.3, 0.4) is 0 Å². The zero-order valence-electron chi connectivity index (χ0n) is 21.3. The molecule has 3 rings (SSSR count). The first-order valence-electron chi connectivity index (χ1n) is 11.9. The highest BCUT2D eigenvalue weighted by atomic mass is 32.2. The maximum atomic E-state index is 14.8. The van der Waals surface area contributed by atoms with Gasteiger partial charge < -0.3 is 10.0 Å². The molecule has 10 nitrogen and oxygen atoms in total. The number of halogens is 6. The lowest BCUT2D eigenvalue weighted by atomic mass is 10.2. The van der Waals surface area contributed by atoms with Crippen molar-refractivity contribution >= 4 is 31.7 Å². The number of nitrogens with two attached hydrogens (primary N) is 1. The third kappa shape index (κ3) is 11.1. The highest BCUT2D eigenvalue weighted by molar-refractivity contribution is 7.89. The number of carboxylic acids is 1. The maximum Gasteiger partial charge on any atom is 0.490 e. The second-order valence-corrected chi connectivity index (χ2v) is 12.1. The third-order valence-electron chi connectivity index (χ3n) is 5.76. The van der Waals surface area contributed by atoms with Crippen LogP contribution in [-0.2, 0) is 31.3 Å². The first-order valence-corrected chi connectivity index (χ1v) is 14.9. The molecule has 2 aromatic rings. The molecule has 0 amide bonds. The van der Waals surface area contributed by atoms with Crippen molar-refractivity contribution in [3.8, 4) is 0 Å². The number of hydrogen-bond acceptors (Lipinski definition) is 7. The molecule has 1 aliphatic heterocycles. The molecule has 1 saturated heterocycles. The summed E-state index contributed by atoms with van der Waals surface area (Å²) in [5.41, 5.74) is 0.923. The van der Waals surface area contributed by atoms with Gasteiger partial charge in [0.1, 0.15) is 5.82 Å². The molecule has 0 unspecified atom stereocenters. The number of alkyl halides is 5. The third-order valence-corrected chi connectivity index (χ3v) is 8.14. The molecule has 0 bridgehead atoms. The smallest absolute Gasteiger partial charge is 0.475 e. The molecule has 1 fully saturated rings. The predicted molar refractivity (Wildman–Crippen MR) is 136 cm³/mol. The van der Waals surface area contributed by atoms with Gasteiger partial charge in [0.25, 0.3) is 6.43 Å². The molecule has 0 radical (unpaired) electrons. The van der Waals surface area contributed by atoms with Crippen molar-refractivity contribution in [2.24, 2.45) is 5.14 Å². The minimum absolute atomic E-state index is 0.0204. The molecule has 0 spiro atoms. The summed E-state index contributed by atoms with van der Waals surface area (Å²) < 4.78 is 122. The van der Waals surface area contributed by atoms with E-state index in [-0.39, 0.29) is 35.0 Å². The summed E-state index contributed by atoms with van der Waals surface area (Å²) in [5.74, 6) is -3.46. The number of rotatable bonds is 9. The zero-order chi connectivity index (χ0) is 31.0. The Hall–Kier alpha value is -2.93. The van der Waals surface area contributed by atoms with E-state index in [4.69, 9.17) is 15.0 Å². The van der Waals surface area contributed by atoms with Gasteiger partial charge in [0.15, 0.2) is 0 Å². The van der Waals surface area contributed by atoms with E-state index in [1.165, 1.54) is 36.4 Å². The quantitative estimate of drug-likeness (QED) is 0.356. The van der Waals surface area contributed by atoms with Crippen LogP contribution in [-0.4, -0.2) is 84.7 Å². The summed E-state index contributed by atoms with van der Waals surface area (Å²) in [6.07, 6.45) is -6.64. The average molecular weight is 635 g/mol. The summed E-state index contributed by atoms with van der Waals surface area (Å²) in [6, 6.07) is 9.38. The first kappa shape index (κ1) is 34.3. The Morgan fingerprint density at radius 3 is 2.07 bits per heavy atom. The minimum Gasteiger partial charge on any atom is -0.475 e. The van der Waals surface area contributed by atoms with Gasteiger partial charge in [0.05, 0.1) is 22.0 Å². The van der Waals surface area contributed by atoms with Crippen LogP contribution in [0.15, 0.2) is 52.3 Å². The van der Waals surface area contributed by atoms with Crippen molar-refractivity contribution < 1.29 is 53.1 Å². The van der Waals surface area contributed by atoms with Crippen LogP contribution in [0.5, 0.6) is 0 Å². The second-order valence-electron chi connectivity index (χ2n) is 8.79. The van der Waals surface area contributed by atoms with Crippen molar-refractivity contribution in [3.05, 3.63) is 53.8 Å². The summed E-state index contributed by atoms with van der Waals surface area (Å²) >= 11 is 0. The second kappa shape index (κ2) is 14.3. The minimum atomic E-state index is -5.08. The van der Waals surface area contributed by atoms with Crippen LogP contribution >= 0.6 is 0 Å². The summed E-state index contributed by atoms with van der Waals surface area (Å²) in [7, 11) is -7.79. The van der Waals surface area contributed by atoms with Crippen LogP contribution in [0.4, 0.5) is 32.0 Å². The fourth-order valence-corrected chi connectivity index (χ4v) is 5.32. The van der Waals surface area contributed by atoms with Crippen molar-refractivity contribution in [2.75, 3.05) is 44.2 Å². The fraction of sp³-hybridized carbons (Fsp3) is 0.435. The highest BCUT2D eigenvalue weighted by Crippen LogP contribution is 2.24. The monoisotopic (exact) mass is 634 g/mol. The number of benzene rings is 2. The summed E-state index contributed by atoms with van der Waals surface area (Å²) in [4.78, 5) is 12.0. The van der Waals surface area contributed by atoms with Gasteiger partial charge in [-0.2, -0.15) is 13.2 Å². The SMILES string of the molecule is NS(=O)(=O)c1ccc(CCNS(=O)(=O)c2ccc(N3CCCN(CC(F)F)CC3)c(F)c2)cc1.O=C(O)C(F)(F)F. The molecule has 0 saturated carbocycles. The van der Waals surface area contributed by atoms with Gasteiger partial charge in [-0.25, -0.2) is 44.7 Å². The number of nitrogens with zero attached hydrogens (tertiary/aromatic N) is 2. The molecule has 41 heavy (non-hydrogen) atoms. The molecule has 0 aromatic heterocycles. The number of anilines is 1. The lowest BCUT2D eigenvalue weighted by Crippen LogP contribution is -2.34. The Labute approximate surface area is 232 Å². The maximum absolute atomic E-state index is 14.8. The first-order chi connectivity index (χ1) is 18.9. The van der Waals surface area contributed by atoms with Gasteiger partial charge >= 0.3 is 12.1 Å². The Morgan fingerprint density at radius 2 is 1.56 bits per heavy atom. The van der Waals surface area contributed by atoms with Gasteiger partial charge in [-0.05, 0) is 48.7 Å². The molecule has 2 aromatic carbocycles. The number of hydrogen-bond donors (Lipinski definition) is 3. The van der Waals surface area contributed by atoms with Gasteiger partial charge in [0.2, 0.25) is 20.0 Å². The number of carboxylic acid groups (broad SMARTS) is 1. The number of nitrogens with one attached hydrogen (secondary N) is 1. The van der Waals surface area contributed by atoms with Crippen LogP contribution in [0, 0.1) is 5.82 Å². The number of primary sulfonamides is 1. The van der Waals surface area contributed by atoms with E-state index in [1.807, 2.05) is 0 Å². The van der Waals surface area contributed by atoms with Crippen molar-refractivity contribution in [2.45, 2.75) is 35.2 Å². The molecule has 0 atom stereocenters. The predicted octanol–water partition coefficient (Wildman–Crippen LogP) is 2.40. The van der Waals surface area contributed by atoms with E-state index in [2.05, 4.69) is 4.72 Å². The number of aliphatic carboxylic acids is 1. The van der Waals surface area contributed by atoms with E-state index < -0.39 is 44.4 Å². The van der Waals surface area contributed by atoms with E-state index in [1.54, 1.807) is 9.80 Å². The van der Waals surface area contributed by atoms with Crippen molar-refractivity contribution in [3.63, 3.8) is 0 Å². The van der Waals surface area contributed by atoms with E-state index in [0.29, 0.717) is 38.2 Å². The van der Waals surface area contributed by atoms with E-state index >= 15 is 0 Å². The fourth-order valence-electron chi connectivity index (χ4n) is 3.76. The molecule has 0 aliphatic carbocycles. The lowest BCUT2D eigenvalue weighted by Gasteiger charge is -2.24. The van der Waals surface area contributed by atoms with E-state index in [0.717, 1.165) is 6.07 Å². The van der Waals surface area contributed by atoms with Crippen LogP contribution in [0.25, 0.3) is 0 Å². The summed E-state index contributed by atoms with van der Waals surface area (Å²) in [6.45, 7) is 1.39. The molecular formula is C23H28F6N4O6S2. The Balaban J connectivity index is 0.000000745. The van der Waals surface area contributed by atoms with Crippen LogP contribution in [0.2, 0.25) is 0 Å². The number of sulfonamides is 2. The van der Waals surface area contributed by atoms with Gasteiger partial charge in [-0.3, -0.25) is 4.90 Å². The van der Waals surface area contributed by atoms with E-state index in [9.17, 15) is 43.2 Å². The average Bonchev–Trinajstić information content (AvgIpc) is 3.08. The van der Waals surface area contributed by atoms with Gasteiger partial charge in [-0.1, -0.05) is 12.1 Å². The topological polar surface area (TPSA) is 150 Å². The molecule has 1 aliphatic rings. The Kier molecular flexibility index (Phi) is 12.0. The Morgan fingerprint density at radius 1 is 0.976 bits per heavy atom. The van der Waals surface area contributed by atoms with Crippen molar-refractivity contribution in [1.82, 2.24) is 9.62 Å². The lowest BCUT2D eigenvalue weighted by molar-refractivity contribution is -0.192. The highest BCUT2D eigenvalue weighted by Gasteiger charge is 2.38. The van der Waals surface area contributed by atoms with Crippen LogP contribution in [0.1, 0.15) is 12.0 Å². The molecule has 230 valence electrons. The van der Waals surface area contributed by atoms with Crippen LogP contribution < -0.4 is 14.8 Å². The molecule has 18 heteroatoms. The Bertz CT molecular complexity index is 1390. The standard InChI is InChI=1S/C21H27F3N4O4S2.C2HF3O2/c22-19-14-18(6-7-20(19)28-11-1-10-27(12-13-28)15-21(23)24)34(31,32)26-9-8-16-2-4-17(5-3-16)33(25,29)30;3-2(4,5)1(6)7/h2-7,14,21,26H,1,8-13,15H2,(H2,25,29,30);(H,6,7). The molecule has 4 N–H and O–H groups in total. The van der Waals surface area contributed by atoms with Gasteiger partial charge in [-0.15, -0.1) is 0 Å². The molecule has 1 heterocycles. The molecular weight excluding hydrogens is 606 g/mol.